The number of amides is 2. The summed E-state index contributed by atoms with van der Waals surface area (Å²) in [6, 6.07) is 11.5. The molecule has 2 fully saturated rings. The van der Waals surface area contributed by atoms with Crippen molar-refractivity contribution in [2.45, 2.75) is 44.2 Å². The molecule has 40 heavy (non-hydrogen) atoms. The van der Waals surface area contributed by atoms with E-state index < -0.39 is 23.8 Å². The van der Waals surface area contributed by atoms with E-state index in [1.165, 1.54) is 10.5 Å². The molecule has 2 amide bonds. The van der Waals surface area contributed by atoms with Crippen LogP contribution in [0.5, 0.6) is 0 Å². The highest BCUT2D eigenvalue weighted by Gasteiger charge is 2.42. The molecule has 206 valence electrons. The third-order valence-corrected chi connectivity index (χ3v) is 8.48. The zero-order valence-electron chi connectivity index (χ0n) is 22.5. The largest absolute Gasteiger partial charge is 0.465 e. The highest BCUT2D eigenvalue weighted by Crippen LogP contribution is 2.44. The number of imidazole rings is 1. The second kappa shape index (κ2) is 10.2. The maximum atomic E-state index is 13.1. The van der Waals surface area contributed by atoms with Gasteiger partial charge in [-0.25, -0.2) is 14.6 Å². The second-order valence-electron chi connectivity index (χ2n) is 10.9. The quantitative estimate of drug-likeness (QED) is 0.298. The molecule has 0 bridgehead atoms. The van der Waals surface area contributed by atoms with E-state index in [0.717, 1.165) is 51.9 Å². The summed E-state index contributed by atoms with van der Waals surface area (Å²) in [6.45, 7) is 2.83. The van der Waals surface area contributed by atoms with Gasteiger partial charge in [-0.15, -0.1) is 0 Å². The molecule has 6 rings (SSSR count). The summed E-state index contributed by atoms with van der Waals surface area (Å²) in [4.78, 5) is 30.5. The van der Waals surface area contributed by atoms with Gasteiger partial charge in [-0.3, -0.25) is 0 Å². The molecule has 2 N–H and O–H groups in total. The van der Waals surface area contributed by atoms with Crippen LogP contribution in [0, 0.1) is 0 Å². The zero-order valence-corrected chi connectivity index (χ0v) is 23.2. The summed E-state index contributed by atoms with van der Waals surface area (Å²) in [6.07, 6.45) is 9.15. The SMILES string of the molecule is Cn1cncc1C(NC(=O)OC1(C)CC1)c1c(Cl)ccc2c1C=Cc1ccccc1C2=C1CCN(C(=O)O)CC1. The molecule has 1 aliphatic heterocycles. The van der Waals surface area contributed by atoms with Crippen molar-refractivity contribution in [3.63, 3.8) is 0 Å². The Labute approximate surface area is 237 Å². The fraction of sp³-hybridized carbons (Fsp3) is 0.323. The maximum absolute atomic E-state index is 13.1. The van der Waals surface area contributed by atoms with Crippen molar-refractivity contribution in [2.24, 2.45) is 7.05 Å². The number of likely N-dealkylation sites (tertiary alicyclic amines) is 1. The van der Waals surface area contributed by atoms with Gasteiger partial charge in [0.15, 0.2) is 0 Å². The highest BCUT2D eigenvalue weighted by atomic mass is 35.5. The molecule has 2 heterocycles. The first-order valence-electron chi connectivity index (χ1n) is 13.5. The van der Waals surface area contributed by atoms with Crippen LogP contribution in [0.15, 0.2) is 54.5 Å². The second-order valence-corrected chi connectivity index (χ2v) is 11.3. The molecule has 1 aromatic heterocycles. The number of benzene rings is 2. The van der Waals surface area contributed by atoms with Crippen LogP contribution in [0.4, 0.5) is 9.59 Å². The van der Waals surface area contributed by atoms with Crippen LogP contribution in [0.1, 0.15) is 72.2 Å². The molecule has 0 spiro atoms. The van der Waals surface area contributed by atoms with Gasteiger partial charge in [-0.1, -0.05) is 59.7 Å². The zero-order chi connectivity index (χ0) is 28.0. The van der Waals surface area contributed by atoms with Crippen LogP contribution in [0.2, 0.25) is 5.02 Å². The van der Waals surface area contributed by atoms with Crippen molar-refractivity contribution in [3.8, 4) is 0 Å². The number of carbonyl (C=O) groups excluding carboxylic acids is 1. The monoisotopic (exact) mass is 558 g/mol. The number of hydrogen-bond donors (Lipinski definition) is 2. The number of alkyl carbamates (subject to hydrolysis) is 1. The number of nitrogens with zero attached hydrogens (tertiary/aromatic N) is 3. The van der Waals surface area contributed by atoms with Crippen LogP contribution < -0.4 is 5.32 Å². The van der Waals surface area contributed by atoms with Crippen molar-refractivity contribution in [1.29, 1.82) is 0 Å². The predicted octanol–water partition coefficient (Wildman–Crippen LogP) is 6.50. The molecule has 3 aromatic rings. The van der Waals surface area contributed by atoms with Gasteiger partial charge in [0, 0.05) is 30.7 Å². The number of aromatic nitrogens is 2. The molecular formula is C31H31ClN4O4. The summed E-state index contributed by atoms with van der Waals surface area (Å²) in [5.74, 6) is 0. The standard InChI is InChI=1S/C31H31ClN4O4/c1-31(13-14-31)40-29(37)34-28(25-17-33-18-35(25)2)27-23-8-7-19-5-3-4-6-21(19)26(22(23)9-10-24(27)32)20-11-15-36(16-12-20)30(38)39/h3-10,17-18,28H,11-16H2,1-2H3,(H,34,37)(H,38,39). The summed E-state index contributed by atoms with van der Waals surface area (Å²) in [5, 5.41) is 13.1. The number of fused-ring (bicyclic) bond motifs is 2. The van der Waals surface area contributed by atoms with E-state index in [0.29, 0.717) is 31.0 Å². The van der Waals surface area contributed by atoms with Gasteiger partial charge in [0.1, 0.15) is 11.6 Å². The van der Waals surface area contributed by atoms with Crippen LogP contribution in [0.3, 0.4) is 0 Å². The fourth-order valence-electron chi connectivity index (χ4n) is 5.68. The van der Waals surface area contributed by atoms with Gasteiger partial charge >= 0.3 is 12.2 Å². The number of rotatable bonds is 4. The Morgan fingerprint density at radius 3 is 2.52 bits per heavy atom. The number of hydrogen-bond acceptors (Lipinski definition) is 4. The molecule has 1 unspecified atom stereocenters. The third-order valence-electron chi connectivity index (χ3n) is 8.15. The van der Waals surface area contributed by atoms with Crippen LogP contribution >= 0.6 is 11.6 Å². The number of piperidine rings is 1. The lowest BCUT2D eigenvalue weighted by atomic mass is 9.84. The Bertz CT molecular complexity index is 1560. The van der Waals surface area contributed by atoms with Crippen LogP contribution in [-0.2, 0) is 11.8 Å². The fourth-order valence-corrected chi connectivity index (χ4v) is 5.95. The Hall–Kier alpha value is -4.04. The van der Waals surface area contributed by atoms with Gasteiger partial charge in [-0.05, 0) is 66.5 Å². The Morgan fingerprint density at radius 1 is 1.10 bits per heavy atom. The lowest BCUT2D eigenvalue weighted by Crippen LogP contribution is -2.35. The minimum absolute atomic E-state index is 0.428. The minimum Gasteiger partial charge on any atom is -0.465 e. The van der Waals surface area contributed by atoms with Gasteiger partial charge in [-0.2, -0.15) is 0 Å². The lowest BCUT2D eigenvalue weighted by molar-refractivity contribution is 0.0912. The first-order chi connectivity index (χ1) is 19.2. The van der Waals surface area contributed by atoms with E-state index in [2.05, 4.69) is 34.6 Å². The minimum atomic E-state index is -0.890. The number of ether oxygens (including phenoxy) is 1. The number of carbonyl (C=O) groups is 2. The van der Waals surface area contributed by atoms with Crippen molar-refractivity contribution < 1.29 is 19.4 Å². The summed E-state index contributed by atoms with van der Waals surface area (Å²) < 4.78 is 7.61. The topological polar surface area (TPSA) is 96.7 Å². The van der Waals surface area contributed by atoms with Gasteiger partial charge in [0.2, 0.25) is 0 Å². The molecule has 1 atom stereocenters. The van der Waals surface area contributed by atoms with E-state index >= 15 is 0 Å². The van der Waals surface area contributed by atoms with Gasteiger partial charge in [0.25, 0.3) is 0 Å². The smallest absolute Gasteiger partial charge is 0.408 e. The molecule has 1 saturated carbocycles. The van der Waals surface area contributed by atoms with Crippen molar-refractivity contribution in [3.05, 3.63) is 93.0 Å². The van der Waals surface area contributed by atoms with E-state index in [-0.39, 0.29) is 0 Å². The molecule has 8 nitrogen and oxygen atoms in total. The highest BCUT2D eigenvalue weighted by molar-refractivity contribution is 6.32. The molecule has 3 aliphatic rings. The van der Waals surface area contributed by atoms with Crippen molar-refractivity contribution in [2.75, 3.05) is 13.1 Å². The number of aryl methyl sites for hydroxylation is 1. The summed E-state index contributed by atoms with van der Waals surface area (Å²) in [5.41, 5.74) is 7.45. The Kier molecular flexibility index (Phi) is 6.66. The molecule has 2 aliphatic carbocycles. The Balaban J connectivity index is 1.52. The average molecular weight is 559 g/mol. The van der Waals surface area contributed by atoms with Crippen molar-refractivity contribution in [1.82, 2.24) is 19.8 Å². The number of nitrogens with one attached hydrogen (secondary N) is 1. The van der Waals surface area contributed by atoms with E-state index in [9.17, 15) is 14.7 Å². The van der Waals surface area contributed by atoms with Crippen LogP contribution in [-0.4, -0.2) is 50.4 Å². The lowest BCUT2D eigenvalue weighted by Gasteiger charge is -2.29. The Morgan fingerprint density at radius 2 is 1.85 bits per heavy atom. The molecule has 1 saturated heterocycles. The van der Waals surface area contributed by atoms with E-state index in [1.807, 2.05) is 42.8 Å². The van der Waals surface area contributed by atoms with Gasteiger partial charge < -0.3 is 24.6 Å². The first-order valence-corrected chi connectivity index (χ1v) is 13.9. The average Bonchev–Trinajstić information content (AvgIpc) is 3.55. The third kappa shape index (κ3) is 4.88. The molecule has 2 aromatic carbocycles. The van der Waals surface area contributed by atoms with E-state index in [4.69, 9.17) is 16.3 Å². The van der Waals surface area contributed by atoms with Crippen LogP contribution in [0.25, 0.3) is 17.7 Å². The predicted molar refractivity (Wildman–Crippen MR) is 154 cm³/mol. The van der Waals surface area contributed by atoms with E-state index in [1.54, 1.807) is 12.5 Å². The summed E-state index contributed by atoms with van der Waals surface area (Å²) >= 11 is 6.96. The first kappa shape index (κ1) is 26.2. The number of halogens is 1. The maximum Gasteiger partial charge on any atom is 0.408 e. The van der Waals surface area contributed by atoms with Gasteiger partial charge in [0.05, 0.1) is 18.2 Å². The molecule has 0 radical (unpaired) electrons. The molecule has 9 heteroatoms. The van der Waals surface area contributed by atoms with Crippen molar-refractivity contribution >= 4 is 41.5 Å². The molecular weight excluding hydrogens is 528 g/mol. The normalized spacial score (nSPS) is 17.9. The number of carboxylic acid groups (broad SMARTS) is 1. The summed E-state index contributed by atoms with van der Waals surface area (Å²) in [7, 11) is 1.88.